The average molecular weight is 302 g/mol. The number of hydrogen-bond acceptors (Lipinski definition) is 4. The average Bonchev–Trinajstić information content (AvgIpc) is 2.75. The second-order valence-electron chi connectivity index (χ2n) is 5.31. The maximum Gasteiger partial charge on any atom is 0.262 e. The quantitative estimate of drug-likeness (QED) is 0.782. The van der Waals surface area contributed by atoms with Crippen LogP contribution in [0.15, 0.2) is 11.2 Å². The lowest BCUT2D eigenvalue weighted by atomic mass is 10.2. The van der Waals surface area contributed by atoms with Crippen LogP contribution in [0, 0.1) is 12.8 Å². The Kier molecular flexibility index (Phi) is 6.16. The highest BCUT2D eigenvalue weighted by Gasteiger charge is 2.27. The summed E-state index contributed by atoms with van der Waals surface area (Å²) >= 11 is 0. The number of hydrogen-bond donors (Lipinski definition) is 1. The van der Waals surface area contributed by atoms with Gasteiger partial charge in [0.2, 0.25) is 0 Å². The first kappa shape index (κ1) is 17.1. The molecule has 1 aromatic heterocycles. The smallest absolute Gasteiger partial charge is 0.262 e. The number of aryl methyl sites for hydroxylation is 2. The first-order valence-corrected chi connectivity index (χ1v) is 8.50. The van der Waals surface area contributed by atoms with Crippen molar-refractivity contribution in [2.45, 2.75) is 45.7 Å². The molecule has 0 aliphatic heterocycles. The van der Waals surface area contributed by atoms with E-state index in [2.05, 4.69) is 4.98 Å². The zero-order valence-corrected chi connectivity index (χ0v) is 13.7. The van der Waals surface area contributed by atoms with Crippen LogP contribution >= 0.6 is 0 Å². The van der Waals surface area contributed by atoms with Crippen molar-refractivity contribution in [3.05, 3.63) is 12.0 Å². The summed E-state index contributed by atoms with van der Waals surface area (Å²) in [5, 5.41) is 0.134. The molecule has 0 amide bonds. The Morgan fingerprint density at radius 1 is 1.45 bits per heavy atom. The minimum Gasteiger partial charge on any atom is -0.334 e. The summed E-state index contributed by atoms with van der Waals surface area (Å²) in [4.78, 5) is 4.19. The van der Waals surface area contributed by atoms with Gasteiger partial charge in [0, 0.05) is 25.8 Å². The van der Waals surface area contributed by atoms with Crippen molar-refractivity contribution < 1.29 is 8.42 Å². The van der Waals surface area contributed by atoms with E-state index in [-0.39, 0.29) is 10.9 Å². The van der Waals surface area contributed by atoms with E-state index in [4.69, 9.17) is 5.73 Å². The Labute approximate surface area is 122 Å². The van der Waals surface area contributed by atoms with Crippen molar-refractivity contribution in [2.75, 3.05) is 19.6 Å². The molecule has 0 unspecified atom stereocenters. The van der Waals surface area contributed by atoms with Crippen LogP contribution in [0.5, 0.6) is 0 Å². The predicted molar refractivity (Wildman–Crippen MR) is 79.9 cm³/mol. The Morgan fingerprint density at radius 2 is 2.10 bits per heavy atom. The molecule has 2 N–H and O–H groups in total. The molecule has 0 fully saturated rings. The first-order valence-electron chi connectivity index (χ1n) is 7.06. The Balaban J connectivity index is 3.07. The Morgan fingerprint density at radius 3 is 2.55 bits per heavy atom. The Bertz CT molecular complexity index is 522. The molecular formula is C13H26N4O2S. The van der Waals surface area contributed by atoms with Crippen molar-refractivity contribution in [1.29, 1.82) is 0 Å². The number of nitrogens with two attached hydrogens (primary N) is 1. The van der Waals surface area contributed by atoms with Crippen LogP contribution in [0.2, 0.25) is 0 Å². The lowest BCUT2D eigenvalue weighted by molar-refractivity contribution is 0.363. The van der Waals surface area contributed by atoms with Gasteiger partial charge in [-0.25, -0.2) is 13.4 Å². The zero-order valence-electron chi connectivity index (χ0n) is 12.8. The molecule has 1 rings (SSSR count). The maximum absolute atomic E-state index is 12.7. The molecule has 0 saturated carbocycles. The SMILES string of the molecule is CCn1cc(S(=O)(=O)N(CCCN)CC(C)C)nc1C. The Hall–Kier alpha value is -0.920. The fourth-order valence-corrected chi connectivity index (χ4v) is 3.68. The molecule has 0 radical (unpaired) electrons. The van der Waals surface area contributed by atoms with Gasteiger partial charge in [-0.1, -0.05) is 13.8 Å². The second-order valence-corrected chi connectivity index (χ2v) is 7.20. The van der Waals surface area contributed by atoms with Crippen LogP contribution in [-0.2, 0) is 16.6 Å². The molecule has 20 heavy (non-hydrogen) atoms. The van der Waals surface area contributed by atoms with Crippen molar-refractivity contribution >= 4 is 10.0 Å². The minimum absolute atomic E-state index is 0.134. The summed E-state index contributed by atoms with van der Waals surface area (Å²) in [6, 6.07) is 0. The third-order valence-electron chi connectivity index (χ3n) is 3.08. The van der Waals surface area contributed by atoms with Crippen LogP contribution < -0.4 is 5.73 Å². The van der Waals surface area contributed by atoms with Crippen LogP contribution in [-0.4, -0.2) is 41.9 Å². The molecule has 0 aliphatic carbocycles. The lowest BCUT2D eigenvalue weighted by Crippen LogP contribution is -2.36. The largest absolute Gasteiger partial charge is 0.334 e. The fraction of sp³-hybridized carbons (Fsp3) is 0.769. The van der Waals surface area contributed by atoms with E-state index in [0.717, 1.165) is 5.82 Å². The molecule has 0 atom stereocenters. The van der Waals surface area contributed by atoms with Crippen molar-refractivity contribution in [1.82, 2.24) is 13.9 Å². The molecule has 1 heterocycles. The van der Waals surface area contributed by atoms with Gasteiger partial charge in [0.1, 0.15) is 5.82 Å². The molecule has 0 bridgehead atoms. The van der Waals surface area contributed by atoms with E-state index in [1.807, 2.05) is 32.3 Å². The number of rotatable bonds is 8. The van der Waals surface area contributed by atoms with Gasteiger partial charge in [-0.3, -0.25) is 0 Å². The third-order valence-corrected chi connectivity index (χ3v) is 4.82. The maximum atomic E-state index is 12.7. The summed E-state index contributed by atoms with van der Waals surface area (Å²) in [6.45, 7) is 9.89. The fourth-order valence-electron chi connectivity index (χ4n) is 2.04. The summed E-state index contributed by atoms with van der Waals surface area (Å²) in [7, 11) is -3.53. The standard InChI is InChI=1S/C13H26N4O2S/c1-5-16-10-13(15-12(16)4)20(18,19)17(8-6-7-14)9-11(2)3/h10-11H,5-9,14H2,1-4H3. The second kappa shape index (κ2) is 7.19. The van der Waals surface area contributed by atoms with Gasteiger partial charge < -0.3 is 10.3 Å². The van der Waals surface area contributed by atoms with Gasteiger partial charge in [0.15, 0.2) is 5.03 Å². The van der Waals surface area contributed by atoms with E-state index < -0.39 is 10.0 Å². The molecule has 0 aliphatic rings. The number of nitrogens with zero attached hydrogens (tertiary/aromatic N) is 3. The van der Waals surface area contributed by atoms with E-state index in [9.17, 15) is 8.42 Å². The third kappa shape index (κ3) is 4.04. The molecular weight excluding hydrogens is 276 g/mol. The summed E-state index contributed by atoms with van der Waals surface area (Å²) in [5.41, 5.74) is 5.50. The van der Waals surface area contributed by atoms with Crippen molar-refractivity contribution in [2.24, 2.45) is 11.7 Å². The highest BCUT2D eigenvalue weighted by molar-refractivity contribution is 7.89. The minimum atomic E-state index is -3.53. The van der Waals surface area contributed by atoms with E-state index >= 15 is 0 Å². The van der Waals surface area contributed by atoms with Crippen molar-refractivity contribution in [3.8, 4) is 0 Å². The number of aromatic nitrogens is 2. The molecule has 116 valence electrons. The van der Waals surface area contributed by atoms with E-state index in [1.165, 1.54) is 4.31 Å². The van der Waals surface area contributed by atoms with Gasteiger partial charge in [-0.15, -0.1) is 0 Å². The van der Waals surface area contributed by atoms with Crippen LogP contribution in [0.25, 0.3) is 0 Å². The topological polar surface area (TPSA) is 81.2 Å². The van der Waals surface area contributed by atoms with Gasteiger partial charge >= 0.3 is 0 Å². The highest BCUT2D eigenvalue weighted by atomic mass is 32.2. The summed E-state index contributed by atoms with van der Waals surface area (Å²) in [6.07, 6.45) is 2.26. The molecule has 0 spiro atoms. The first-order chi connectivity index (χ1) is 9.32. The van der Waals surface area contributed by atoms with E-state index in [1.54, 1.807) is 6.20 Å². The lowest BCUT2D eigenvalue weighted by Gasteiger charge is -2.22. The molecule has 1 aromatic rings. The monoisotopic (exact) mass is 302 g/mol. The normalized spacial score (nSPS) is 12.6. The van der Waals surface area contributed by atoms with Crippen LogP contribution in [0.1, 0.15) is 33.0 Å². The predicted octanol–water partition coefficient (Wildman–Crippen LogP) is 1.21. The van der Waals surface area contributed by atoms with E-state index in [0.29, 0.717) is 32.6 Å². The molecule has 0 aromatic carbocycles. The molecule has 0 saturated heterocycles. The van der Waals surface area contributed by atoms with Gasteiger partial charge in [0.05, 0.1) is 0 Å². The number of imidazole rings is 1. The van der Waals surface area contributed by atoms with Crippen LogP contribution in [0.4, 0.5) is 0 Å². The summed E-state index contributed by atoms with van der Waals surface area (Å²) in [5.74, 6) is 0.978. The van der Waals surface area contributed by atoms with Crippen molar-refractivity contribution in [3.63, 3.8) is 0 Å². The zero-order chi connectivity index (χ0) is 15.3. The van der Waals surface area contributed by atoms with Gasteiger partial charge in [-0.05, 0) is 32.7 Å². The summed E-state index contributed by atoms with van der Waals surface area (Å²) < 4.78 is 28.7. The van der Waals surface area contributed by atoms with Gasteiger partial charge in [-0.2, -0.15) is 4.31 Å². The van der Waals surface area contributed by atoms with Crippen LogP contribution in [0.3, 0.4) is 0 Å². The molecule has 7 heteroatoms. The highest BCUT2D eigenvalue weighted by Crippen LogP contribution is 2.17. The van der Waals surface area contributed by atoms with Gasteiger partial charge in [0.25, 0.3) is 10.0 Å². The number of sulfonamides is 1. The molecule has 6 nitrogen and oxygen atoms in total.